The smallest absolute Gasteiger partial charge is 0.160 e. The molecule has 0 amide bonds. The number of fused-ring (bicyclic) bond motifs is 4. The molecule has 0 saturated carbocycles. The fraction of sp³-hybridized carbons (Fsp3) is 0.0488. The Hall–Kier alpha value is -5.67. The van der Waals surface area contributed by atoms with Crippen molar-refractivity contribution in [1.29, 1.82) is 0 Å². The molecule has 6 aromatic carbocycles. The second kappa shape index (κ2) is 10.9. The first-order valence-corrected chi connectivity index (χ1v) is 15.0. The molecular weight excluding hydrogens is 534 g/mol. The van der Waals surface area contributed by atoms with Crippen molar-refractivity contribution in [1.82, 2.24) is 9.97 Å². The first-order chi connectivity index (χ1) is 21.7. The number of rotatable bonds is 4. The third-order valence-corrected chi connectivity index (χ3v) is 8.49. The van der Waals surface area contributed by atoms with Crippen molar-refractivity contribution in [2.75, 3.05) is 0 Å². The van der Waals surface area contributed by atoms with E-state index in [9.17, 15) is 0 Å². The topological polar surface area (TPSA) is 38.1 Å². The highest BCUT2D eigenvalue weighted by atomic mass is 14.9. The Balaban J connectivity index is 1.20. The summed E-state index contributed by atoms with van der Waals surface area (Å²) in [4.78, 5) is 15.2. The van der Waals surface area contributed by atoms with Gasteiger partial charge in [-0.15, -0.1) is 0 Å². The SMILES string of the molecule is Cc1ccccc1N=C1Cc2ccccc2-c2ccc(-c3ccc(-c4nc(-c5ccccc5)c5ccccc5n4)cc3)cc21. The lowest BCUT2D eigenvalue weighted by Gasteiger charge is -2.23. The minimum atomic E-state index is 0.726. The first-order valence-electron chi connectivity index (χ1n) is 15.0. The van der Waals surface area contributed by atoms with Crippen LogP contribution in [0.2, 0.25) is 0 Å². The monoisotopic (exact) mass is 563 g/mol. The molecule has 0 fully saturated rings. The molecule has 1 aliphatic rings. The predicted molar refractivity (Wildman–Crippen MR) is 182 cm³/mol. The van der Waals surface area contributed by atoms with E-state index in [0.29, 0.717) is 0 Å². The molecule has 3 nitrogen and oxygen atoms in total. The maximum atomic E-state index is 5.20. The molecule has 0 atom stereocenters. The molecule has 1 heterocycles. The fourth-order valence-electron chi connectivity index (χ4n) is 6.18. The second-order valence-corrected chi connectivity index (χ2v) is 11.3. The molecule has 44 heavy (non-hydrogen) atoms. The van der Waals surface area contributed by atoms with Crippen LogP contribution in [0.1, 0.15) is 16.7 Å². The lowest BCUT2D eigenvalue weighted by atomic mass is 9.82. The number of benzene rings is 6. The lowest BCUT2D eigenvalue weighted by Crippen LogP contribution is -2.13. The molecule has 1 aliphatic carbocycles. The summed E-state index contributed by atoms with van der Waals surface area (Å²) in [6.07, 6.45) is 0.808. The van der Waals surface area contributed by atoms with E-state index in [4.69, 9.17) is 15.0 Å². The molecule has 0 bridgehead atoms. The minimum Gasteiger partial charge on any atom is -0.252 e. The number of para-hydroxylation sites is 2. The van der Waals surface area contributed by atoms with Gasteiger partial charge in [-0.1, -0.05) is 127 Å². The highest BCUT2D eigenvalue weighted by molar-refractivity contribution is 6.12. The summed E-state index contributed by atoms with van der Waals surface area (Å²) in [6.45, 7) is 2.12. The third kappa shape index (κ3) is 4.69. The van der Waals surface area contributed by atoms with Crippen LogP contribution in [0.3, 0.4) is 0 Å². The number of nitrogens with zero attached hydrogens (tertiary/aromatic N) is 3. The zero-order valence-corrected chi connectivity index (χ0v) is 24.4. The zero-order chi connectivity index (χ0) is 29.5. The summed E-state index contributed by atoms with van der Waals surface area (Å²) in [7, 11) is 0. The van der Waals surface area contributed by atoms with Crippen LogP contribution in [-0.4, -0.2) is 15.7 Å². The van der Waals surface area contributed by atoms with Gasteiger partial charge in [-0.2, -0.15) is 0 Å². The molecular formula is C41H29N3. The second-order valence-electron chi connectivity index (χ2n) is 11.3. The zero-order valence-electron chi connectivity index (χ0n) is 24.4. The van der Waals surface area contributed by atoms with E-state index in [2.05, 4.69) is 134 Å². The van der Waals surface area contributed by atoms with Crippen LogP contribution in [0, 0.1) is 6.92 Å². The van der Waals surface area contributed by atoms with Gasteiger partial charge in [-0.3, -0.25) is 4.99 Å². The van der Waals surface area contributed by atoms with E-state index in [-0.39, 0.29) is 0 Å². The molecule has 8 rings (SSSR count). The molecule has 0 unspecified atom stereocenters. The molecule has 0 radical (unpaired) electrons. The Morgan fingerprint density at radius 3 is 2.09 bits per heavy atom. The van der Waals surface area contributed by atoms with Gasteiger partial charge in [-0.25, -0.2) is 9.97 Å². The molecule has 0 saturated heterocycles. The van der Waals surface area contributed by atoms with Gasteiger partial charge in [0.15, 0.2) is 5.82 Å². The summed E-state index contributed by atoms with van der Waals surface area (Å²) in [5.74, 6) is 0.726. The Morgan fingerprint density at radius 2 is 1.23 bits per heavy atom. The summed E-state index contributed by atoms with van der Waals surface area (Å²) in [6, 6.07) is 51.0. The summed E-state index contributed by atoms with van der Waals surface area (Å²) < 4.78 is 0. The van der Waals surface area contributed by atoms with Gasteiger partial charge in [0.05, 0.1) is 22.6 Å². The van der Waals surface area contributed by atoms with E-state index in [1.165, 1.54) is 27.8 Å². The minimum absolute atomic E-state index is 0.726. The Labute approximate surface area is 257 Å². The molecule has 3 heteroatoms. The summed E-state index contributed by atoms with van der Waals surface area (Å²) >= 11 is 0. The largest absolute Gasteiger partial charge is 0.252 e. The van der Waals surface area contributed by atoms with E-state index in [1.807, 2.05) is 18.2 Å². The highest BCUT2D eigenvalue weighted by Gasteiger charge is 2.22. The van der Waals surface area contributed by atoms with Gasteiger partial charge in [0, 0.05) is 28.5 Å². The van der Waals surface area contributed by atoms with Crippen molar-refractivity contribution in [3.05, 3.63) is 162 Å². The van der Waals surface area contributed by atoms with Gasteiger partial charge >= 0.3 is 0 Å². The normalized spacial score (nSPS) is 13.1. The van der Waals surface area contributed by atoms with Gasteiger partial charge in [0.25, 0.3) is 0 Å². The number of aryl methyl sites for hydroxylation is 1. The van der Waals surface area contributed by atoms with Crippen LogP contribution in [0.5, 0.6) is 0 Å². The van der Waals surface area contributed by atoms with Gasteiger partial charge in [0.2, 0.25) is 0 Å². The van der Waals surface area contributed by atoms with Crippen LogP contribution in [0.4, 0.5) is 5.69 Å². The number of aliphatic imine (C=N–C) groups is 1. The average Bonchev–Trinajstić information content (AvgIpc) is 3.09. The molecule has 0 N–H and O–H groups in total. The van der Waals surface area contributed by atoms with Gasteiger partial charge in [0.1, 0.15) is 0 Å². The summed E-state index contributed by atoms with van der Waals surface area (Å²) in [5, 5.41) is 1.05. The Morgan fingerprint density at radius 1 is 0.523 bits per heavy atom. The lowest BCUT2D eigenvalue weighted by molar-refractivity contribution is 1.23. The van der Waals surface area contributed by atoms with E-state index >= 15 is 0 Å². The van der Waals surface area contributed by atoms with E-state index in [1.54, 1.807) is 0 Å². The van der Waals surface area contributed by atoms with Gasteiger partial charge < -0.3 is 0 Å². The van der Waals surface area contributed by atoms with Crippen LogP contribution in [0.25, 0.3) is 55.8 Å². The Bertz CT molecular complexity index is 2200. The maximum absolute atomic E-state index is 5.20. The van der Waals surface area contributed by atoms with Crippen LogP contribution in [0.15, 0.2) is 151 Å². The summed E-state index contributed by atoms with van der Waals surface area (Å²) in [5.41, 5.74) is 14.6. The first kappa shape index (κ1) is 26.0. The van der Waals surface area contributed by atoms with Crippen LogP contribution >= 0.6 is 0 Å². The van der Waals surface area contributed by atoms with Crippen molar-refractivity contribution in [3.8, 4) is 44.9 Å². The van der Waals surface area contributed by atoms with Crippen molar-refractivity contribution >= 4 is 22.3 Å². The van der Waals surface area contributed by atoms with Gasteiger partial charge in [-0.05, 0) is 58.5 Å². The van der Waals surface area contributed by atoms with Crippen molar-refractivity contribution < 1.29 is 0 Å². The molecule has 0 aliphatic heterocycles. The molecule has 208 valence electrons. The number of aromatic nitrogens is 2. The van der Waals surface area contributed by atoms with E-state index in [0.717, 1.165) is 62.5 Å². The third-order valence-electron chi connectivity index (χ3n) is 8.49. The van der Waals surface area contributed by atoms with Crippen molar-refractivity contribution in [3.63, 3.8) is 0 Å². The Kier molecular flexibility index (Phi) is 6.42. The van der Waals surface area contributed by atoms with Crippen LogP contribution in [-0.2, 0) is 6.42 Å². The highest BCUT2D eigenvalue weighted by Crippen LogP contribution is 2.38. The quantitative estimate of drug-likeness (QED) is 0.214. The molecule has 1 aromatic heterocycles. The standard InChI is InChI=1S/C41H29N3/c1-27-11-5-9-17-37(27)42-39-26-32-14-6-7-15-33(32)34-24-23-31(25-36(34)39)28-19-21-30(22-20-28)41-43-38-18-10-8-16-35(38)40(44-41)29-12-3-2-4-13-29/h2-25H,26H2,1H3. The average molecular weight is 564 g/mol. The van der Waals surface area contributed by atoms with Crippen molar-refractivity contribution in [2.45, 2.75) is 13.3 Å². The van der Waals surface area contributed by atoms with Crippen molar-refractivity contribution in [2.24, 2.45) is 4.99 Å². The predicted octanol–water partition coefficient (Wildman–Crippen LogP) is 10.3. The fourth-order valence-corrected chi connectivity index (χ4v) is 6.18. The van der Waals surface area contributed by atoms with Crippen LogP contribution < -0.4 is 0 Å². The molecule has 7 aromatic rings. The number of hydrogen-bond donors (Lipinski definition) is 0. The van der Waals surface area contributed by atoms with E-state index < -0.39 is 0 Å². The maximum Gasteiger partial charge on any atom is 0.160 e. The number of hydrogen-bond acceptors (Lipinski definition) is 3. The molecule has 0 spiro atoms.